The van der Waals surface area contributed by atoms with Gasteiger partial charge in [0.2, 0.25) is 0 Å². The Hall–Kier alpha value is -3.00. The van der Waals surface area contributed by atoms with Crippen LogP contribution in [-0.2, 0) is 10.8 Å². The van der Waals surface area contributed by atoms with Gasteiger partial charge in [-0.25, -0.2) is 0 Å². The van der Waals surface area contributed by atoms with Crippen LogP contribution in [0.3, 0.4) is 0 Å². The molecule has 2 aromatic carbocycles. The summed E-state index contributed by atoms with van der Waals surface area (Å²) in [6, 6.07) is 8.58. The molecule has 0 radical (unpaired) electrons. The highest BCUT2D eigenvalue weighted by molar-refractivity contribution is 6.10. The third kappa shape index (κ3) is 4.27. The standard InChI is InChI=1S/C32H38O2/c1-19-15-22(17-26(29(19)33)31(3,4)5)25-14-13-24(21-11-9-10-12-21)28(25)23-16-20(2)30(34)27(18-23)32(6,7)8/h9-11,14-18,33-34H,12-13H2,1-8H3. The summed E-state index contributed by atoms with van der Waals surface area (Å²) in [5, 5.41) is 21.7. The quantitative estimate of drug-likeness (QED) is 0.488. The van der Waals surface area contributed by atoms with Crippen LogP contribution in [-0.4, -0.2) is 10.2 Å². The normalized spacial score (nSPS) is 16.4. The highest BCUT2D eigenvalue weighted by atomic mass is 16.3. The van der Waals surface area contributed by atoms with Crippen LogP contribution in [0.15, 0.2) is 59.7 Å². The Labute approximate surface area is 205 Å². The van der Waals surface area contributed by atoms with E-state index in [0.717, 1.165) is 46.2 Å². The Morgan fingerprint density at radius 1 is 0.706 bits per heavy atom. The second kappa shape index (κ2) is 8.34. The maximum atomic E-state index is 10.9. The number of hydrogen-bond donors (Lipinski definition) is 2. The minimum atomic E-state index is -0.170. The van der Waals surface area contributed by atoms with Gasteiger partial charge in [0.25, 0.3) is 0 Å². The van der Waals surface area contributed by atoms with Gasteiger partial charge in [0.1, 0.15) is 11.5 Å². The minimum Gasteiger partial charge on any atom is -0.507 e. The summed E-state index contributed by atoms with van der Waals surface area (Å²) >= 11 is 0. The molecule has 0 unspecified atom stereocenters. The van der Waals surface area contributed by atoms with E-state index in [2.05, 4.69) is 90.1 Å². The second-order valence-corrected chi connectivity index (χ2v) is 11.9. The van der Waals surface area contributed by atoms with Crippen molar-refractivity contribution in [2.45, 2.75) is 79.1 Å². The molecule has 178 valence electrons. The SMILES string of the molecule is Cc1cc(C2=CCC(C3=CC=CC3)=C2c2cc(C)c(O)c(C(C)(C)C)c2)cc(C(C)(C)C)c1O. The lowest BCUT2D eigenvalue weighted by Gasteiger charge is -2.25. The maximum absolute atomic E-state index is 10.9. The van der Waals surface area contributed by atoms with Crippen LogP contribution in [0.25, 0.3) is 11.1 Å². The molecule has 2 aromatic rings. The summed E-state index contributed by atoms with van der Waals surface area (Å²) in [5.41, 5.74) is 10.9. The summed E-state index contributed by atoms with van der Waals surface area (Å²) in [5.74, 6) is 0.776. The fourth-order valence-corrected chi connectivity index (χ4v) is 5.13. The summed E-state index contributed by atoms with van der Waals surface area (Å²) in [4.78, 5) is 0. The molecule has 2 aliphatic carbocycles. The van der Waals surface area contributed by atoms with Gasteiger partial charge in [-0.05, 0) is 106 Å². The molecule has 2 aliphatic rings. The molecule has 0 atom stereocenters. The van der Waals surface area contributed by atoms with E-state index in [9.17, 15) is 10.2 Å². The lowest BCUT2D eigenvalue weighted by Crippen LogP contribution is -2.13. The van der Waals surface area contributed by atoms with Crippen molar-refractivity contribution in [1.29, 1.82) is 0 Å². The number of aromatic hydroxyl groups is 2. The molecular formula is C32H38O2. The van der Waals surface area contributed by atoms with Crippen molar-refractivity contribution >= 4 is 11.1 Å². The van der Waals surface area contributed by atoms with E-state index in [4.69, 9.17) is 0 Å². The lowest BCUT2D eigenvalue weighted by molar-refractivity contribution is 0.442. The Balaban J connectivity index is 1.97. The summed E-state index contributed by atoms with van der Waals surface area (Å²) in [7, 11) is 0. The fraction of sp³-hybridized carbons (Fsp3) is 0.375. The smallest absolute Gasteiger partial charge is 0.122 e. The second-order valence-electron chi connectivity index (χ2n) is 11.9. The molecule has 0 fully saturated rings. The average Bonchev–Trinajstić information content (AvgIpc) is 3.39. The largest absolute Gasteiger partial charge is 0.507 e. The van der Waals surface area contributed by atoms with E-state index >= 15 is 0 Å². The van der Waals surface area contributed by atoms with Gasteiger partial charge in [-0.15, -0.1) is 0 Å². The fourth-order valence-electron chi connectivity index (χ4n) is 5.13. The van der Waals surface area contributed by atoms with Gasteiger partial charge in [-0.1, -0.05) is 65.8 Å². The first kappa shape index (κ1) is 24.1. The Morgan fingerprint density at radius 2 is 1.24 bits per heavy atom. The van der Waals surface area contributed by atoms with Crippen LogP contribution >= 0.6 is 0 Å². The van der Waals surface area contributed by atoms with Crippen LogP contribution in [0.2, 0.25) is 0 Å². The first-order chi connectivity index (χ1) is 15.8. The van der Waals surface area contributed by atoms with Crippen molar-refractivity contribution in [3.63, 3.8) is 0 Å². The zero-order chi connectivity index (χ0) is 25.0. The number of rotatable bonds is 3. The number of benzene rings is 2. The van der Waals surface area contributed by atoms with E-state index in [1.54, 1.807) is 0 Å². The van der Waals surface area contributed by atoms with Crippen LogP contribution < -0.4 is 0 Å². The molecule has 2 N–H and O–H groups in total. The van der Waals surface area contributed by atoms with Crippen molar-refractivity contribution in [3.8, 4) is 11.5 Å². The monoisotopic (exact) mass is 454 g/mol. The third-order valence-corrected chi connectivity index (χ3v) is 7.06. The average molecular weight is 455 g/mol. The van der Waals surface area contributed by atoms with Crippen LogP contribution in [0.5, 0.6) is 11.5 Å². The number of aryl methyl sites for hydroxylation is 2. The zero-order valence-corrected chi connectivity index (χ0v) is 21.9. The van der Waals surface area contributed by atoms with E-state index in [1.165, 1.54) is 22.3 Å². The molecule has 0 aliphatic heterocycles. The molecule has 0 aromatic heterocycles. The Morgan fingerprint density at radius 3 is 1.74 bits per heavy atom. The van der Waals surface area contributed by atoms with Crippen molar-refractivity contribution < 1.29 is 10.2 Å². The Kier molecular flexibility index (Phi) is 5.92. The molecule has 34 heavy (non-hydrogen) atoms. The highest BCUT2D eigenvalue weighted by Crippen LogP contribution is 2.48. The molecule has 0 bridgehead atoms. The molecule has 0 amide bonds. The number of allylic oxidation sites excluding steroid dienone is 8. The highest BCUT2D eigenvalue weighted by Gasteiger charge is 2.28. The maximum Gasteiger partial charge on any atom is 0.122 e. The number of phenolic OH excluding ortho intramolecular Hbond substituents is 2. The molecule has 2 nitrogen and oxygen atoms in total. The van der Waals surface area contributed by atoms with E-state index in [-0.39, 0.29) is 10.8 Å². The van der Waals surface area contributed by atoms with Gasteiger partial charge in [-0.3, -0.25) is 0 Å². The van der Waals surface area contributed by atoms with Gasteiger partial charge in [0, 0.05) is 11.1 Å². The number of phenols is 2. The van der Waals surface area contributed by atoms with Crippen LogP contribution in [0.1, 0.15) is 87.8 Å². The van der Waals surface area contributed by atoms with Gasteiger partial charge in [-0.2, -0.15) is 0 Å². The molecule has 0 heterocycles. The van der Waals surface area contributed by atoms with Gasteiger partial charge >= 0.3 is 0 Å². The van der Waals surface area contributed by atoms with E-state index in [0.29, 0.717) is 11.5 Å². The van der Waals surface area contributed by atoms with Crippen LogP contribution in [0, 0.1) is 13.8 Å². The molecular weight excluding hydrogens is 416 g/mol. The lowest BCUT2D eigenvalue weighted by atomic mass is 9.80. The first-order valence-corrected chi connectivity index (χ1v) is 12.3. The van der Waals surface area contributed by atoms with E-state index in [1.807, 2.05) is 13.8 Å². The van der Waals surface area contributed by atoms with E-state index < -0.39 is 0 Å². The van der Waals surface area contributed by atoms with Crippen molar-refractivity contribution in [3.05, 3.63) is 93.1 Å². The first-order valence-electron chi connectivity index (χ1n) is 12.3. The van der Waals surface area contributed by atoms with Crippen molar-refractivity contribution in [2.24, 2.45) is 0 Å². The van der Waals surface area contributed by atoms with Gasteiger partial charge in [0.05, 0.1) is 0 Å². The van der Waals surface area contributed by atoms with Crippen LogP contribution in [0.4, 0.5) is 0 Å². The summed E-state index contributed by atoms with van der Waals surface area (Å²) in [6.45, 7) is 16.8. The molecule has 0 spiro atoms. The molecule has 0 saturated heterocycles. The van der Waals surface area contributed by atoms with Gasteiger partial charge in [0.15, 0.2) is 0 Å². The molecule has 2 heteroatoms. The van der Waals surface area contributed by atoms with Crippen molar-refractivity contribution in [1.82, 2.24) is 0 Å². The molecule has 4 rings (SSSR count). The summed E-state index contributed by atoms with van der Waals surface area (Å²) in [6.07, 6.45) is 10.7. The number of hydrogen-bond acceptors (Lipinski definition) is 2. The topological polar surface area (TPSA) is 40.5 Å². The zero-order valence-electron chi connectivity index (χ0n) is 21.9. The summed E-state index contributed by atoms with van der Waals surface area (Å²) < 4.78 is 0. The predicted molar refractivity (Wildman–Crippen MR) is 144 cm³/mol. The van der Waals surface area contributed by atoms with Crippen molar-refractivity contribution in [2.75, 3.05) is 0 Å². The Bertz CT molecular complexity index is 1280. The third-order valence-electron chi connectivity index (χ3n) is 7.06. The molecule has 0 saturated carbocycles. The van der Waals surface area contributed by atoms with Gasteiger partial charge < -0.3 is 10.2 Å². The minimum absolute atomic E-state index is 0.164. The predicted octanol–water partition coefficient (Wildman–Crippen LogP) is 8.44.